The molecule has 0 atom stereocenters. The average Bonchev–Trinajstić information content (AvgIpc) is 2.97. The van der Waals surface area contributed by atoms with Gasteiger partial charge in [0.05, 0.1) is 18.8 Å². The number of ether oxygens (including phenoxy) is 3. The molecule has 0 bridgehead atoms. The Morgan fingerprint density at radius 1 is 1.09 bits per heavy atom. The summed E-state index contributed by atoms with van der Waals surface area (Å²) in [7, 11) is 1.53. The molecule has 13 heteroatoms. The number of nitrogens with zero attached hydrogens (tertiary/aromatic N) is 3. The van der Waals surface area contributed by atoms with Gasteiger partial charge in [-0.1, -0.05) is 19.4 Å². The van der Waals surface area contributed by atoms with Crippen LogP contribution in [0.3, 0.4) is 0 Å². The van der Waals surface area contributed by atoms with Crippen LogP contribution in [0.25, 0.3) is 0 Å². The van der Waals surface area contributed by atoms with E-state index in [0.29, 0.717) is 38.4 Å². The Kier molecular flexibility index (Phi) is 10.5. The van der Waals surface area contributed by atoms with E-state index in [2.05, 4.69) is 5.32 Å². The number of pyridine rings is 1. The maximum absolute atomic E-state index is 14.2. The summed E-state index contributed by atoms with van der Waals surface area (Å²) in [6.07, 6.45) is 3.14. The van der Waals surface area contributed by atoms with Crippen molar-refractivity contribution in [2.75, 3.05) is 40.0 Å². The predicted molar refractivity (Wildman–Crippen MR) is 161 cm³/mol. The zero-order valence-electron chi connectivity index (χ0n) is 26.5. The van der Waals surface area contributed by atoms with E-state index >= 15 is 0 Å². The SMILES string of the molecule is CCCCOc1c2n(cc(C(=O)NCc3ccc(F)cc3F)c1=O)CC1(CCN(C(=O)OC(C)(C)C)CC1)N(CCOC)C2=O. The first kappa shape index (κ1) is 33.9. The standard InChI is InChI=1S/C32H42F2N4O7/c1-6-7-15-44-27-25-29(41)38(14-16-43-5)32(10-12-36(13-11-32)30(42)45-31(2,3)4)20-37(25)19-23(26(27)39)28(40)35-18-21-8-9-22(33)17-24(21)34/h8-9,17,19H,6-7,10-16,18,20H2,1-5H3,(H,35,40). The van der Waals surface area contributed by atoms with Gasteiger partial charge in [-0.05, 0) is 46.1 Å². The molecule has 1 aromatic carbocycles. The first-order valence-corrected chi connectivity index (χ1v) is 15.2. The topological polar surface area (TPSA) is 119 Å². The van der Waals surface area contributed by atoms with Crippen LogP contribution in [-0.2, 0) is 22.6 Å². The van der Waals surface area contributed by atoms with Gasteiger partial charge in [-0.2, -0.15) is 0 Å². The minimum absolute atomic E-state index is 0.0357. The van der Waals surface area contributed by atoms with Crippen LogP contribution in [0, 0.1) is 11.6 Å². The zero-order chi connectivity index (χ0) is 32.9. The fourth-order valence-electron chi connectivity index (χ4n) is 5.66. The molecule has 1 spiro atoms. The Bertz CT molecular complexity index is 1480. The van der Waals surface area contributed by atoms with Gasteiger partial charge < -0.3 is 33.9 Å². The number of rotatable bonds is 10. The maximum Gasteiger partial charge on any atom is 0.410 e. The number of benzene rings is 1. The van der Waals surface area contributed by atoms with Crippen molar-refractivity contribution >= 4 is 17.9 Å². The van der Waals surface area contributed by atoms with E-state index in [1.54, 1.807) is 35.1 Å². The van der Waals surface area contributed by atoms with Crippen molar-refractivity contribution in [1.29, 1.82) is 0 Å². The highest BCUT2D eigenvalue weighted by Crippen LogP contribution is 2.38. The average molecular weight is 633 g/mol. The van der Waals surface area contributed by atoms with Gasteiger partial charge >= 0.3 is 6.09 Å². The Morgan fingerprint density at radius 3 is 2.42 bits per heavy atom. The molecule has 0 unspecified atom stereocenters. The van der Waals surface area contributed by atoms with Crippen LogP contribution in [0.15, 0.2) is 29.2 Å². The van der Waals surface area contributed by atoms with E-state index in [1.165, 1.54) is 19.4 Å². The molecule has 1 fully saturated rings. The molecule has 1 N–H and O–H groups in total. The third-order valence-electron chi connectivity index (χ3n) is 8.03. The van der Waals surface area contributed by atoms with Crippen LogP contribution < -0.4 is 15.5 Å². The van der Waals surface area contributed by atoms with E-state index in [-0.39, 0.29) is 55.4 Å². The number of amides is 3. The lowest BCUT2D eigenvalue weighted by Gasteiger charge is -2.52. The molecular formula is C32H42F2N4O7. The molecular weight excluding hydrogens is 590 g/mol. The molecule has 4 rings (SSSR count). The number of halogens is 2. The van der Waals surface area contributed by atoms with Crippen molar-refractivity contribution in [3.63, 3.8) is 0 Å². The van der Waals surface area contributed by atoms with E-state index < -0.39 is 46.1 Å². The lowest BCUT2D eigenvalue weighted by Crippen LogP contribution is -2.64. The number of fused-ring (bicyclic) bond motifs is 1. The minimum Gasteiger partial charge on any atom is -0.487 e. The largest absolute Gasteiger partial charge is 0.487 e. The molecule has 2 aliphatic rings. The number of carbonyl (C=O) groups is 3. The number of hydrogen-bond acceptors (Lipinski definition) is 7. The van der Waals surface area contributed by atoms with Crippen molar-refractivity contribution in [1.82, 2.24) is 19.7 Å². The Hall–Kier alpha value is -4.00. The van der Waals surface area contributed by atoms with Gasteiger partial charge in [0.1, 0.15) is 22.8 Å². The highest BCUT2D eigenvalue weighted by Gasteiger charge is 2.49. The second kappa shape index (κ2) is 14.0. The number of piperidine rings is 1. The number of hydrogen-bond donors (Lipinski definition) is 1. The van der Waals surface area contributed by atoms with E-state index in [1.807, 2.05) is 6.92 Å². The summed E-state index contributed by atoms with van der Waals surface area (Å²) in [5, 5.41) is 2.53. The smallest absolute Gasteiger partial charge is 0.410 e. The van der Waals surface area contributed by atoms with Gasteiger partial charge in [-0.25, -0.2) is 13.6 Å². The summed E-state index contributed by atoms with van der Waals surface area (Å²) in [6, 6.07) is 3.00. The normalized spacial score (nSPS) is 16.0. The number of nitrogens with one attached hydrogen (secondary N) is 1. The third kappa shape index (κ3) is 7.63. The van der Waals surface area contributed by atoms with Gasteiger partial charge in [0.25, 0.3) is 11.8 Å². The fourth-order valence-corrected chi connectivity index (χ4v) is 5.66. The summed E-state index contributed by atoms with van der Waals surface area (Å²) >= 11 is 0. The highest BCUT2D eigenvalue weighted by atomic mass is 19.1. The molecule has 0 saturated carbocycles. The Morgan fingerprint density at radius 2 is 1.80 bits per heavy atom. The van der Waals surface area contributed by atoms with Crippen molar-refractivity contribution < 1.29 is 37.4 Å². The lowest BCUT2D eigenvalue weighted by molar-refractivity contribution is -0.0203. The molecule has 0 aliphatic carbocycles. The molecule has 1 saturated heterocycles. The molecule has 2 aliphatic heterocycles. The second-order valence-corrected chi connectivity index (χ2v) is 12.4. The number of aromatic nitrogens is 1. The monoisotopic (exact) mass is 632 g/mol. The van der Waals surface area contributed by atoms with Crippen LogP contribution in [0.5, 0.6) is 5.75 Å². The molecule has 246 valence electrons. The maximum atomic E-state index is 14.2. The summed E-state index contributed by atoms with van der Waals surface area (Å²) in [5.74, 6) is -3.03. The highest BCUT2D eigenvalue weighted by molar-refractivity contribution is 5.99. The molecule has 3 amide bonds. The Balaban J connectivity index is 1.70. The fraction of sp³-hybridized carbons (Fsp3) is 0.562. The quantitative estimate of drug-likeness (QED) is 0.392. The van der Waals surface area contributed by atoms with E-state index in [0.717, 1.165) is 12.5 Å². The van der Waals surface area contributed by atoms with Gasteiger partial charge in [-0.3, -0.25) is 14.4 Å². The van der Waals surface area contributed by atoms with Crippen molar-refractivity contribution in [2.24, 2.45) is 0 Å². The van der Waals surface area contributed by atoms with Gasteiger partial charge in [0.2, 0.25) is 5.43 Å². The summed E-state index contributed by atoms with van der Waals surface area (Å²) in [4.78, 5) is 57.3. The van der Waals surface area contributed by atoms with Crippen molar-refractivity contribution in [3.05, 3.63) is 63.1 Å². The van der Waals surface area contributed by atoms with Crippen molar-refractivity contribution in [3.8, 4) is 5.75 Å². The summed E-state index contributed by atoms with van der Waals surface area (Å²) in [5.41, 5.74) is -2.36. The van der Waals surface area contributed by atoms with Crippen molar-refractivity contribution in [2.45, 2.75) is 77.6 Å². The van der Waals surface area contributed by atoms with Gasteiger partial charge in [0.15, 0.2) is 11.4 Å². The number of unbranched alkanes of at least 4 members (excludes halogenated alkanes) is 1. The first-order valence-electron chi connectivity index (χ1n) is 15.2. The number of methoxy groups -OCH3 is 1. The van der Waals surface area contributed by atoms with Crippen LogP contribution in [0.4, 0.5) is 13.6 Å². The van der Waals surface area contributed by atoms with Crippen LogP contribution in [-0.4, -0.2) is 83.4 Å². The molecule has 3 heterocycles. The zero-order valence-corrected chi connectivity index (χ0v) is 26.5. The number of likely N-dealkylation sites (tertiary alicyclic amines) is 1. The van der Waals surface area contributed by atoms with Gasteiger partial charge in [0, 0.05) is 57.7 Å². The molecule has 2 aromatic rings. The first-order chi connectivity index (χ1) is 21.3. The summed E-state index contributed by atoms with van der Waals surface area (Å²) in [6.45, 7) is 8.61. The third-order valence-corrected chi connectivity index (χ3v) is 8.03. The van der Waals surface area contributed by atoms with E-state index in [4.69, 9.17) is 14.2 Å². The molecule has 0 radical (unpaired) electrons. The predicted octanol–water partition coefficient (Wildman–Crippen LogP) is 4.11. The van der Waals surface area contributed by atoms with Crippen LogP contribution in [0.2, 0.25) is 0 Å². The summed E-state index contributed by atoms with van der Waals surface area (Å²) < 4.78 is 45.9. The van der Waals surface area contributed by atoms with Gasteiger partial charge in [-0.15, -0.1) is 0 Å². The van der Waals surface area contributed by atoms with E-state index in [9.17, 15) is 28.0 Å². The Labute approximate surface area is 261 Å². The van der Waals surface area contributed by atoms with Crippen LogP contribution >= 0.6 is 0 Å². The molecule has 11 nitrogen and oxygen atoms in total. The second-order valence-electron chi connectivity index (χ2n) is 12.4. The molecule has 1 aromatic heterocycles. The van der Waals surface area contributed by atoms with Crippen LogP contribution in [0.1, 0.15) is 79.8 Å². The molecule has 45 heavy (non-hydrogen) atoms. The minimum atomic E-state index is -0.831. The lowest BCUT2D eigenvalue weighted by atomic mass is 9.83. The number of carbonyl (C=O) groups excluding carboxylic acids is 3.